The topological polar surface area (TPSA) is 62.3 Å². The van der Waals surface area contributed by atoms with Crippen LogP contribution in [-0.2, 0) is 16.4 Å². The largest absolute Gasteiger partial charge is 0.385 e. The highest BCUT2D eigenvalue weighted by Crippen LogP contribution is 2.16. The van der Waals surface area contributed by atoms with Crippen molar-refractivity contribution in [3.05, 3.63) is 40.8 Å². The summed E-state index contributed by atoms with van der Waals surface area (Å²) in [5, 5.41) is 6.29. The number of nitrogens with zero attached hydrogens (tertiary/aromatic N) is 2. The van der Waals surface area contributed by atoms with Gasteiger partial charge in [0.15, 0.2) is 0 Å². The number of anilines is 1. The van der Waals surface area contributed by atoms with Gasteiger partial charge in [0.25, 0.3) is 0 Å². The van der Waals surface area contributed by atoms with Gasteiger partial charge in [-0.3, -0.25) is 0 Å². The van der Waals surface area contributed by atoms with Gasteiger partial charge in [-0.05, 0) is 24.3 Å². The minimum Gasteiger partial charge on any atom is -0.385 e. The summed E-state index contributed by atoms with van der Waals surface area (Å²) in [7, 11) is -0.306. The predicted molar refractivity (Wildman–Crippen MR) is 81.6 cm³/mol. The average Bonchev–Trinajstić information content (AvgIpc) is 2.92. The highest BCUT2D eigenvalue weighted by Gasteiger charge is 2.16. The van der Waals surface area contributed by atoms with Gasteiger partial charge in [-0.2, -0.15) is 0 Å². The van der Waals surface area contributed by atoms with E-state index in [9.17, 15) is 8.42 Å². The lowest BCUT2D eigenvalue weighted by atomic mass is 10.3. The number of aromatic nitrogens is 1. The van der Waals surface area contributed by atoms with E-state index in [2.05, 4.69) is 10.3 Å². The maximum atomic E-state index is 11.9. The molecule has 1 aromatic carbocycles. The van der Waals surface area contributed by atoms with Crippen LogP contribution >= 0.6 is 11.3 Å². The van der Waals surface area contributed by atoms with E-state index in [0.29, 0.717) is 4.90 Å². The Balaban J connectivity index is 1.95. The minimum atomic E-state index is -3.35. The molecular formula is C13H17N3O2S2. The van der Waals surface area contributed by atoms with Crippen molar-refractivity contribution in [1.29, 1.82) is 0 Å². The molecule has 5 nitrogen and oxygen atoms in total. The SMILES string of the molecule is CN(C)S(=O)(=O)c1ccc(NCCc2nccs2)cc1. The number of sulfonamides is 1. The fourth-order valence-electron chi connectivity index (χ4n) is 1.65. The molecule has 0 fully saturated rings. The second-order valence-electron chi connectivity index (χ2n) is 4.41. The summed E-state index contributed by atoms with van der Waals surface area (Å²) in [5.41, 5.74) is 0.902. The lowest BCUT2D eigenvalue weighted by Gasteiger charge is -2.12. The Hall–Kier alpha value is -1.44. The Kier molecular flexibility index (Phi) is 4.74. The van der Waals surface area contributed by atoms with E-state index in [1.54, 1.807) is 41.8 Å². The van der Waals surface area contributed by atoms with Gasteiger partial charge in [-0.25, -0.2) is 17.7 Å². The van der Waals surface area contributed by atoms with Crippen molar-refractivity contribution < 1.29 is 8.42 Å². The second kappa shape index (κ2) is 6.34. The van der Waals surface area contributed by atoms with Crippen LogP contribution in [0.3, 0.4) is 0 Å². The molecule has 0 amide bonds. The Labute approximate surface area is 123 Å². The molecule has 7 heteroatoms. The standard InChI is InChI=1S/C13H17N3O2S2/c1-16(2)20(17,18)12-5-3-11(4-6-12)14-8-7-13-15-9-10-19-13/h3-6,9-10,14H,7-8H2,1-2H3. The molecule has 0 aliphatic carbocycles. The molecule has 108 valence electrons. The third-order valence-electron chi connectivity index (χ3n) is 2.78. The molecule has 0 aliphatic heterocycles. The number of rotatable bonds is 6. The van der Waals surface area contributed by atoms with Crippen LogP contribution in [0.4, 0.5) is 5.69 Å². The molecule has 2 aromatic rings. The van der Waals surface area contributed by atoms with E-state index < -0.39 is 10.0 Å². The molecular weight excluding hydrogens is 294 g/mol. The zero-order valence-corrected chi connectivity index (χ0v) is 13.0. The summed E-state index contributed by atoms with van der Waals surface area (Å²) in [6.07, 6.45) is 2.65. The molecule has 0 saturated heterocycles. The highest BCUT2D eigenvalue weighted by molar-refractivity contribution is 7.89. The van der Waals surface area contributed by atoms with Gasteiger partial charge in [0, 0.05) is 44.3 Å². The van der Waals surface area contributed by atoms with E-state index >= 15 is 0 Å². The summed E-state index contributed by atoms with van der Waals surface area (Å²) < 4.78 is 25.0. The fraction of sp³-hybridized carbons (Fsp3) is 0.308. The summed E-state index contributed by atoms with van der Waals surface area (Å²) in [5.74, 6) is 0. The summed E-state index contributed by atoms with van der Waals surface area (Å²) in [6.45, 7) is 0.771. The summed E-state index contributed by atoms with van der Waals surface area (Å²) in [6, 6.07) is 6.78. The zero-order valence-electron chi connectivity index (χ0n) is 11.4. The van der Waals surface area contributed by atoms with Gasteiger partial charge in [-0.15, -0.1) is 11.3 Å². The fourth-order valence-corrected chi connectivity index (χ4v) is 3.17. The summed E-state index contributed by atoms with van der Waals surface area (Å²) >= 11 is 1.63. The molecule has 1 aromatic heterocycles. The Morgan fingerprint density at radius 1 is 1.25 bits per heavy atom. The van der Waals surface area contributed by atoms with Crippen molar-refractivity contribution in [3.8, 4) is 0 Å². The van der Waals surface area contributed by atoms with Gasteiger partial charge < -0.3 is 5.32 Å². The lowest BCUT2D eigenvalue weighted by molar-refractivity contribution is 0.521. The van der Waals surface area contributed by atoms with E-state index in [-0.39, 0.29) is 0 Å². The van der Waals surface area contributed by atoms with Crippen LogP contribution in [0.15, 0.2) is 40.7 Å². The van der Waals surface area contributed by atoms with Gasteiger partial charge in [-0.1, -0.05) is 0 Å². The van der Waals surface area contributed by atoms with Crippen LogP contribution in [0.25, 0.3) is 0 Å². The molecule has 20 heavy (non-hydrogen) atoms. The molecule has 0 aliphatic rings. The van der Waals surface area contributed by atoms with Gasteiger partial charge >= 0.3 is 0 Å². The summed E-state index contributed by atoms with van der Waals surface area (Å²) in [4.78, 5) is 4.51. The monoisotopic (exact) mass is 311 g/mol. The third kappa shape index (κ3) is 3.56. The smallest absolute Gasteiger partial charge is 0.242 e. The Morgan fingerprint density at radius 3 is 2.50 bits per heavy atom. The molecule has 2 rings (SSSR count). The van der Waals surface area contributed by atoms with Crippen LogP contribution in [0.1, 0.15) is 5.01 Å². The van der Waals surface area contributed by atoms with Crippen LogP contribution in [-0.4, -0.2) is 38.3 Å². The van der Waals surface area contributed by atoms with Crippen molar-refractivity contribution in [1.82, 2.24) is 9.29 Å². The molecule has 1 heterocycles. The van der Waals surface area contributed by atoms with Crippen molar-refractivity contribution in [3.63, 3.8) is 0 Å². The lowest BCUT2D eigenvalue weighted by Crippen LogP contribution is -2.22. The molecule has 0 spiro atoms. The first kappa shape index (κ1) is 15.0. The van der Waals surface area contributed by atoms with Crippen LogP contribution < -0.4 is 5.32 Å². The number of thiazole rings is 1. The van der Waals surface area contributed by atoms with Gasteiger partial charge in [0.2, 0.25) is 10.0 Å². The molecule has 0 atom stereocenters. The van der Waals surface area contributed by atoms with Crippen LogP contribution in [0.5, 0.6) is 0 Å². The predicted octanol–water partition coefficient (Wildman–Crippen LogP) is 2.05. The Bertz CT molecular complexity index is 635. The van der Waals surface area contributed by atoms with E-state index in [0.717, 1.165) is 23.7 Å². The normalized spacial score (nSPS) is 11.8. The average molecular weight is 311 g/mol. The minimum absolute atomic E-state index is 0.299. The first-order valence-corrected chi connectivity index (χ1v) is 8.47. The number of nitrogens with one attached hydrogen (secondary N) is 1. The first-order valence-electron chi connectivity index (χ1n) is 6.15. The van der Waals surface area contributed by atoms with E-state index in [1.165, 1.54) is 18.4 Å². The van der Waals surface area contributed by atoms with Crippen molar-refractivity contribution in [2.24, 2.45) is 0 Å². The number of hydrogen-bond acceptors (Lipinski definition) is 5. The van der Waals surface area contributed by atoms with Crippen molar-refractivity contribution in [2.75, 3.05) is 26.0 Å². The number of benzene rings is 1. The second-order valence-corrected chi connectivity index (χ2v) is 7.55. The maximum Gasteiger partial charge on any atom is 0.242 e. The number of hydrogen-bond donors (Lipinski definition) is 1. The maximum absolute atomic E-state index is 11.9. The Morgan fingerprint density at radius 2 is 1.95 bits per heavy atom. The first-order chi connectivity index (χ1) is 9.50. The molecule has 0 bridgehead atoms. The molecule has 0 radical (unpaired) electrons. The molecule has 0 unspecified atom stereocenters. The van der Waals surface area contributed by atoms with Crippen LogP contribution in [0, 0.1) is 0 Å². The van der Waals surface area contributed by atoms with Crippen molar-refractivity contribution in [2.45, 2.75) is 11.3 Å². The van der Waals surface area contributed by atoms with Gasteiger partial charge in [0.1, 0.15) is 0 Å². The van der Waals surface area contributed by atoms with Gasteiger partial charge in [0.05, 0.1) is 9.90 Å². The van der Waals surface area contributed by atoms with Crippen LogP contribution in [0.2, 0.25) is 0 Å². The molecule has 0 saturated carbocycles. The highest BCUT2D eigenvalue weighted by atomic mass is 32.2. The molecule has 1 N–H and O–H groups in total. The van der Waals surface area contributed by atoms with Crippen molar-refractivity contribution >= 4 is 27.0 Å². The quantitative estimate of drug-likeness (QED) is 0.887. The zero-order chi connectivity index (χ0) is 14.6. The van der Waals surface area contributed by atoms with E-state index in [1.807, 2.05) is 5.38 Å². The van der Waals surface area contributed by atoms with E-state index in [4.69, 9.17) is 0 Å². The third-order valence-corrected chi connectivity index (χ3v) is 5.45.